The lowest BCUT2D eigenvalue weighted by atomic mass is 10.00. The highest BCUT2D eigenvalue weighted by atomic mass is 35.5. The highest BCUT2D eigenvalue weighted by Crippen LogP contribution is 2.32. The molecule has 4 rings (SSSR count). The first-order valence-corrected chi connectivity index (χ1v) is 9.32. The molecule has 0 atom stereocenters. The van der Waals surface area contributed by atoms with Gasteiger partial charge in [-0.15, -0.1) is 0 Å². The van der Waals surface area contributed by atoms with Crippen molar-refractivity contribution in [1.29, 1.82) is 0 Å². The number of hydrogen-bond acceptors (Lipinski definition) is 2. The predicted molar refractivity (Wildman–Crippen MR) is 111 cm³/mol. The number of aryl methyl sites for hydroxylation is 1. The van der Waals surface area contributed by atoms with Crippen molar-refractivity contribution < 1.29 is 8.78 Å². The molecule has 140 valence electrons. The summed E-state index contributed by atoms with van der Waals surface area (Å²) >= 11 is 5.76. The van der Waals surface area contributed by atoms with E-state index in [1.165, 1.54) is 12.1 Å². The molecule has 0 amide bonds. The fourth-order valence-corrected chi connectivity index (χ4v) is 3.28. The quantitative estimate of drug-likeness (QED) is 0.398. The summed E-state index contributed by atoms with van der Waals surface area (Å²) in [6.45, 7) is 1.99. The van der Waals surface area contributed by atoms with Gasteiger partial charge < -0.3 is 5.32 Å². The van der Waals surface area contributed by atoms with Gasteiger partial charge in [0.25, 0.3) is 0 Å². The molecule has 0 fully saturated rings. The van der Waals surface area contributed by atoms with Crippen molar-refractivity contribution in [2.45, 2.75) is 13.3 Å². The van der Waals surface area contributed by atoms with E-state index in [0.717, 1.165) is 34.1 Å². The fourth-order valence-electron chi connectivity index (χ4n) is 3.16. The van der Waals surface area contributed by atoms with Crippen LogP contribution in [-0.2, 0) is 6.42 Å². The monoisotopic (exact) mass is 394 g/mol. The van der Waals surface area contributed by atoms with Gasteiger partial charge in [-0.1, -0.05) is 36.7 Å². The summed E-state index contributed by atoms with van der Waals surface area (Å²) in [5, 5.41) is 4.08. The van der Waals surface area contributed by atoms with E-state index < -0.39 is 5.82 Å². The molecule has 0 unspecified atom stereocenters. The minimum Gasteiger partial charge on any atom is -0.355 e. The Morgan fingerprint density at radius 1 is 0.929 bits per heavy atom. The Bertz CT molecular complexity index is 1170. The van der Waals surface area contributed by atoms with Crippen LogP contribution in [0.5, 0.6) is 0 Å². The molecule has 4 aromatic rings. The zero-order chi connectivity index (χ0) is 19.7. The molecule has 0 aliphatic carbocycles. The van der Waals surface area contributed by atoms with E-state index in [1.807, 2.05) is 31.2 Å². The van der Waals surface area contributed by atoms with E-state index in [0.29, 0.717) is 11.3 Å². The molecule has 0 aliphatic rings. The Kier molecular flexibility index (Phi) is 4.97. The molecule has 28 heavy (non-hydrogen) atoms. The topological polar surface area (TPSA) is 24.9 Å². The number of aromatic nitrogens is 1. The van der Waals surface area contributed by atoms with Gasteiger partial charge in [-0.3, -0.25) is 4.98 Å². The number of hydrogen-bond donors (Lipinski definition) is 1. The molecule has 1 aromatic heterocycles. The lowest BCUT2D eigenvalue weighted by Gasteiger charge is -2.12. The van der Waals surface area contributed by atoms with E-state index in [1.54, 1.807) is 30.5 Å². The minimum absolute atomic E-state index is 0.0680. The molecular weight excluding hydrogens is 378 g/mol. The first-order chi connectivity index (χ1) is 13.5. The Morgan fingerprint density at radius 3 is 2.54 bits per heavy atom. The summed E-state index contributed by atoms with van der Waals surface area (Å²) < 4.78 is 28.3. The van der Waals surface area contributed by atoms with Crippen LogP contribution in [0.3, 0.4) is 0 Å². The molecule has 0 saturated carbocycles. The predicted octanol–water partition coefficient (Wildman–Crippen LogP) is 7.14. The third-order valence-electron chi connectivity index (χ3n) is 4.69. The number of nitrogens with one attached hydrogen (secondary N) is 1. The van der Waals surface area contributed by atoms with Crippen LogP contribution in [0.4, 0.5) is 20.2 Å². The average Bonchev–Trinajstić information content (AvgIpc) is 2.70. The number of benzene rings is 3. The van der Waals surface area contributed by atoms with Gasteiger partial charge >= 0.3 is 0 Å². The highest BCUT2D eigenvalue weighted by molar-refractivity contribution is 6.30. The third kappa shape index (κ3) is 3.56. The van der Waals surface area contributed by atoms with Crippen molar-refractivity contribution >= 4 is 33.9 Å². The van der Waals surface area contributed by atoms with Crippen LogP contribution in [0, 0.1) is 11.6 Å². The molecule has 1 N–H and O–H groups in total. The second-order valence-corrected chi connectivity index (χ2v) is 6.92. The molecule has 0 saturated heterocycles. The van der Waals surface area contributed by atoms with Gasteiger partial charge in [0, 0.05) is 28.5 Å². The van der Waals surface area contributed by atoms with Crippen LogP contribution in [0.25, 0.3) is 22.0 Å². The molecule has 0 spiro atoms. The van der Waals surface area contributed by atoms with E-state index in [4.69, 9.17) is 11.6 Å². The Labute approximate surface area is 166 Å². The summed E-state index contributed by atoms with van der Waals surface area (Å²) in [7, 11) is 0. The highest BCUT2D eigenvalue weighted by Gasteiger charge is 2.10. The Hall–Kier alpha value is -2.98. The van der Waals surface area contributed by atoms with Crippen LogP contribution >= 0.6 is 11.6 Å². The fraction of sp³-hybridized carbons (Fsp3) is 0.0870. The number of anilines is 2. The number of nitrogens with zero attached hydrogens (tertiary/aromatic N) is 1. The summed E-state index contributed by atoms with van der Waals surface area (Å²) in [6, 6.07) is 17.2. The van der Waals surface area contributed by atoms with Crippen molar-refractivity contribution in [1.82, 2.24) is 4.98 Å². The maximum Gasteiger partial charge on any atom is 0.143 e. The van der Waals surface area contributed by atoms with Gasteiger partial charge in [0.15, 0.2) is 0 Å². The number of pyridine rings is 1. The van der Waals surface area contributed by atoms with Crippen LogP contribution in [0.1, 0.15) is 12.5 Å². The van der Waals surface area contributed by atoms with Crippen LogP contribution in [0.15, 0.2) is 66.9 Å². The summed E-state index contributed by atoms with van der Waals surface area (Å²) in [5.41, 5.74) is 4.32. The first kappa shape index (κ1) is 18.4. The summed E-state index contributed by atoms with van der Waals surface area (Å²) in [6.07, 6.45) is 2.46. The molecule has 2 nitrogen and oxygen atoms in total. The van der Waals surface area contributed by atoms with Crippen LogP contribution in [-0.4, -0.2) is 4.98 Å². The lowest BCUT2D eigenvalue weighted by Crippen LogP contribution is -1.94. The minimum atomic E-state index is -0.496. The maximum absolute atomic E-state index is 14.6. The van der Waals surface area contributed by atoms with Gasteiger partial charge in [0.1, 0.15) is 11.6 Å². The average molecular weight is 395 g/mol. The number of fused-ring (bicyclic) bond motifs is 1. The SMILES string of the molecule is CCc1ccc(-c2ccc3nccc(Nc4ccc(Cl)c(F)c4)c3c2)c(F)c1. The molecule has 3 aromatic carbocycles. The van der Waals surface area contributed by atoms with E-state index in [2.05, 4.69) is 10.3 Å². The van der Waals surface area contributed by atoms with Crippen molar-refractivity contribution in [2.75, 3.05) is 5.32 Å². The second kappa shape index (κ2) is 7.56. The van der Waals surface area contributed by atoms with Crippen molar-refractivity contribution in [3.05, 3.63) is 89.1 Å². The molecular formula is C23H17ClF2N2. The number of halogens is 3. The van der Waals surface area contributed by atoms with Crippen LogP contribution in [0.2, 0.25) is 5.02 Å². The third-order valence-corrected chi connectivity index (χ3v) is 5.00. The van der Waals surface area contributed by atoms with Crippen LogP contribution < -0.4 is 5.32 Å². The first-order valence-electron chi connectivity index (χ1n) is 8.95. The lowest BCUT2D eigenvalue weighted by molar-refractivity contribution is 0.628. The smallest absolute Gasteiger partial charge is 0.143 e. The molecule has 0 aliphatic heterocycles. The Morgan fingerprint density at radius 2 is 1.79 bits per heavy atom. The van der Waals surface area contributed by atoms with E-state index in [9.17, 15) is 8.78 Å². The van der Waals surface area contributed by atoms with Gasteiger partial charge in [-0.05, 0) is 60.0 Å². The van der Waals surface area contributed by atoms with E-state index in [-0.39, 0.29) is 10.8 Å². The summed E-state index contributed by atoms with van der Waals surface area (Å²) in [4.78, 5) is 4.37. The maximum atomic E-state index is 14.6. The molecule has 5 heteroatoms. The van der Waals surface area contributed by atoms with Gasteiger partial charge in [0.2, 0.25) is 0 Å². The van der Waals surface area contributed by atoms with Crippen molar-refractivity contribution in [2.24, 2.45) is 0 Å². The number of rotatable bonds is 4. The van der Waals surface area contributed by atoms with Crippen molar-refractivity contribution in [3.8, 4) is 11.1 Å². The molecule has 0 radical (unpaired) electrons. The summed E-state index contributed by atoms with van der Waals surface area (Å²) in [5.74, 6) is -0.749. The normalized spacial score (nSPS) is 11.0. The largest absolute Gasteiger partial charge is 0.355 e. The van der Waals surface area contributed by atoms with Gasteiger partial charge in [-0.25, -0.2) is 8.78 Å². The standard InChI is InChI=1S/C23H17ClF2N2/c1-2-14-3-6-17(20(25)11-14)15-4-8-22-18(12-15)23(9-10-27-22)28-16-5-7-19(24)21(26)13-16/h3-13H,2H2,1H3,(H,27,28). The molecule has 1 heterocycles. The Balaban J connectivity index is 1.78. The zero-order valence-electron chi connectivity index (χ0n) is 15.1. The van der Waals surface area contributed by atoms with E-state index >= 15 is 0 Å². The second-order valence-electron chi connectivity index (χ2n) is 6.51. The van der Waals surface area contributed by atoms with Gasteiger partial charge in [-0.2, -0.15) is 0 Å². The molecule has 0 bridgehead atoms. The zero-order valence-corrected chi connectivity index (χ0v) is 15.9. The van der Waals surface area contributed by atoms with Crippen molar-refractivity contribution in [3.63, 3.8) is 0 Å². The van der Waals surface area contributed by atoms with Gasteiger partial charge in [0.05, 0.1) is 10.5 Å².